The van der Waals surface area contributed by atoms with Gasteiger partial charge in [-0.25, -0.2) is 0 Å². The van der Waals surface area contributed by atoms with E-state index in [1.165, 1.54) is 26.4 Å². The average molecular weight is 213 g/mol. The van der Waals surface area contributed by atoms with Gasteiger partial charge in [0.2, 0.25) is 0 Å². The highest BCUT2D eigenvalue weighted by atomic mass is 16.5. The number of rotatable bonds is 3. The van der Waals surface area contributed by atoms with E-state index in [1.54, 1.807) is 0 Å². The van der Waals surface area contributed by atoms with Crippen molar-refractivity contribution < 1.29 is 9.53 Å². The van der Waals surface area contributed by atoms with Gasteiger partial charge in [0.05, 0.1) is 7.11 Å². The van der Waals surface area contributed by atoms with Crippen molar-refractivity contribution >= 4 is 5.97 Å². The fourth-order valence-electron chi connectivity index (χ4n) is 2.12. The van der Waals surface area contributed by atoms with Gasteiger partial charge in [0.25, 0.3) is 0 Å². The van der Waals surface area contributed by atoms with Crippen LogP contribution in [0.25, 0.3) is 0 Å². The summed E-state index contributed by atoms with van der Waals surface area (Å²) in [5, 5.41) is 0. The van der Waals surface area contributed by atoms with E-state index in [2.05, 4.69) is 18.7 Å². The van der Waals surface area contributed by atoms with E-state index >= 15 is 0 Å². The largest absolute Gasteiger partial charge is 0.468 e. The van der Waals surface area contributed by atoms with Gasteiger partial charge in [-0.1, -0.05) is 20.3 Å². The smallest absolute Gasteiger partial charge is 0.322 e. The summed E-state index contributed by atoms with van der Waals surface area (Å²) in [7, 11) is 1.46. The van der Waals surface area contributed by atoms with Crippen molar-refractivity contribution in [3.8, 4) is 0 Å². The van der Waals surface area contributed by atoms with Crippen molar-refractivity contribution in [2.75, 3.05) is 20.2 Å². The molecule has 3 nitrogen and oxygen atoms in total. The Morgan fingerprint density at radius 2 is 2.00 bits per heavy atom. The Labute approximate surface area is 92.8 Å². The number of carbonyl (C=O) groups is 1. The Kier molecular flexibility index (Phi) is 4.14. The summed E-state index contributed by atoms with van der Waals surface area (Å²) < 4.78 is 4.76. The number of carbonyl (C=O) groups excluding carboxylic acids is 1. The van der Waals surface area contributed by atoms with Gasteiger partial charge in [0.15, 0.2) is 0 Å². The quantitative estimate of drug-likeness (QED) is 0.672. The molecule has 1 unspecified atom stereocenters. The maximum Gasteiger partial charge on any atom is 0.322 e. The first kappa shape index (κ1) is 12.5. The standard InChI is InChI=1S/C12H23NO2/c1-5-12(3)6-8-13(9-7-12)10(2)11(14)15-4/h10H,5-9H2,1-4H3. The summed E-state index contributed by atoms with van der Waals surface area (Å²) in [6.07, 6.45) is 3.60. The van der Waals surface area contributed by atoms with Crippen molar-refractivity contribution in [1.82, 2.24) is 4.90 Å². The van der Waals surface area contributed by atoms with Crippen molar-refractivity contribution in [1.29, 1.82) is 0 Å². The van der Waals surface area contributed by atoms with Gasteiger partial charge in [0.1, 0.15) is 6.04 Å². The maximum atomic E-state index is 11.4. The Bertz CT molecular complexity index is 220. The Morgan fingerprint density at radius 1 is 1.47 bits per heavy atom. The van der Waals surface area contributed by atoms with Crippen molar-refractivity contribution in [3.05, 3.63) is 0 Å². The topological polar surface area (TPSA) is 29.5 Å². The van der Waals surface area contributed by atoms with Crippen LogP contribution in [-0.2, 0) is 9.53 Å². The molecule has 1 heterocycles. The molecule has 0 aromatic carbocycles. The van der Waals surface area contributed by atoms with Crippen molar-refractivity contribution in [3.63, 3.8) is 0 Å². The van der Waals surface area contributed by atoms with Crippen LogP contribution in [0, 0.1) is 5.41 Å². The summed E-state index contributed by atoms with van der Waals surface area (Å²) in [5.74, 6) is -0.116. The van der Waals surface area contributed by atoms with Crippen LogP contribution < -0.4 is 0 Å². The van der Waals surface area contributed by atoms with Crippen molar-refractivity contribution in [2.45, 2.75) is 46.1 Å². The van der Waals surface area contributed by atoms with Crippen molar-refractivity contribution in [2.24, 2.45) is 5.41 Å². The molecule has 0 N–H and O–H groups in total. The monoisotopic (exact) mass is 213 g/mol. The van der Waals surface area contributed by atoms with Crippen LogP contribution in [0.3, 0.4) is 0 Å². The van der Waals surface area contributed by atoms with E-state index in [4.69, 9.17) is 4.74 Å². The van der Waals surface area contributed by atoms with Crippen LogP contribution >= 0.6 is 0 Å². The van der Waals surface area contributed by atoms with E-state index in [1.807, 2.05) is 6.92 Å². The van der Waals surface area contributed by atoms with Gasteiger partial charge in [-0.3, -0.25) is 9.69 Å². The van der Waals surface area contributed by atoms with Gasteiger partial charge in [-0.2, -0.15) is 0 Å². The zero-order valence-electron chi connectivity index (χ0n) is 10.4. The first-order valence-corrected chi connectivity index (χ1v) is 5.84. The molecule has 0 aromatic rings. The predicted molar refractivity (Wildman–Crippen MR) is 60.7 cm³/mol. The number of piperidine rings is 1. The van der Waals surface area contributed by atoms with Crippen LogP contribution in [0.2, 0.25) is 0 Å². The Morgan fingerprint density at radius 3 is 2.40 bits per heavy atom. The zero-order valence-corrected chi connectivity index (χ0v) is 10.4. The summed E-state index contributed by atoms with van der Waals surface area (Å²) in [6, 6.07) is -0.0867. The third-order valence-corrected chi connectivity index (χ3v) is 3.95. The van der Waals surface area contributed by atoms with Gasteiger partial charge >= 0.3 is 5.97 Å². The fourth-order valence-corrected chi connectivity index (χ4v) is 2.12. The summed E-state index contributed by atoms with van der Waals surface area (Å²) in [6.45, 7) is 8.55. The molecule has 0 bridgehead atoms. The molecule has 0 aliphatic carbocycles. The highest BCUT2D eigenvalue weighted by molar-refractivity contribution is 5.75. The predicted octanol–water partition coefficient (Wildman–Crippen LogP) is 2.06. The lowest BCUT2D eigenvalue weighted by Crippen LogP contribution is -2.46. The lowest BCUT2D eigenvalue weighted by molar-refractivity contribution is -0.147. The number of hydrogen-bond acceptors (Lipinski definition) is 3. The fraction of sp³-hybridized carbons (Fsp3) is 0.917. The number of nitrogens with zero attached hydrogens (tertiary/aromatic N) is 1. The van der Waals surface area contributed by atoms with Gasteiger partial charge < -0.3 is 4.74 Å². The van der Waals surface area contributed by atoms with E-state index in [9.17, 15) is 4.79 Å². The molecular weight excluding hydrogens is 190 g/mol. The summed E-state index contributed by atoms with van der Waals surface area (Å²) >= 11 is 0. The Balaban J connectivity index is 2.47. The molecule has 0 saturated carbocycles. The third kappa shape index (κ3) is 2.94. The molecule has 0 amide bonds. The van der Waals surface area contributed by atoms with Crippen LogP contribution in [-0.4, -0.2) is 37.1 Å². The van der Waals surface area contributed by atoms with Gasteiger partial charge in [-0.05, 0) is 38.3 Å². The number of likely N-dealkylation sites (tertiary alicyclic amines) is 1. The minimum atomic E-state index is -0.116. The van der Waals surface area contributed by atoms with Gasteiger partial charge in [0, 0.05) is 0 Å². The second-order valence-corrected chi connectivity index (χ2v) is 4.90. The maximum absolute atomic E-state index is 11.4. The van der Waals surface area contributed by atoms with Crippen LogP contribution in [0.1, 0.15) is 40.0 Å². The lowest BCUT2D eigenvalue weighted by atomic mass is 9.78. The first-order chi connectivity index (χ1) is 7.02. The second kappa shape index (κ2) is 4.97. The molecule has 1 atom stereocenters. The van der Waals surface area contributed by atoms with E-state index in [0.29, 0.717) is 5.41 Å². The molecule has 1 aliphatic heterocycles. The zero-order chi connectivity index (χ0) is 11.5. The van der Waals surface area contributed by atoms with Crippen LogP contribution in [0.15, 0.2) is 0 Å². The third-order valence-electron chi connectivity index (χ3n) is 3.95. The normalized spacial score (nSPS) is 23.5. The minimum Gasteiger partial charge on any atom is -0.468 e. The molecule has 0 radical (unpaired) electrons. The lowest BCUT2D eigenvalue weighted by Gasteiger charge is -2.40. The van der Waals surface area contributed by atoms with Crippen LogP contribution in [0.5, 0.6) is 0 Å². The molecule has 1 saturated heterocycles. The molecule has 88 valence electrons. The van der Waals surface area contributed by atoms with E-state index < -0.39 is 0 Å². The molecule has 15 heavy (non-hydrogen) atoms. The Hall–Kier alpha value is -0.570. The summed E-state index contributed by atoms with van der Waals surface area (Å²) in [4.78, 5) is 13.6. The molecule has 1 fully saturated rings. The number of esters is 1. The van der Waals surface area contributed by atoms with Gasteiger partial charge in [-0.15, -0.1) is 0 Å². The number of ether oxygens (including phenoxy) is 1. The molecule has 3 heteroatoms. The average Bonchev–Trinajstić information content (AvgIpc) is 2.28. The molecule has 1 aliphatic rings. The highest BCUT2D eigenvalue weighted by Gasteiger charge is 2.32. The number of hydrogen-bond donors (Lipinski definition) is 0. The first-order valence-electron chi connectivity index (χ1n) is 5.84. The minimum absolute atomic E-state index is 0.0867. The molecule has 1 rings (SSSR count). The SMILES string of the molecule is CCC1(C)CCN(C(C)C(=O)OC)CC1. The second-order valence-electron chi connectivity index (χ2n) is 4.90. The molecular formula is C12H23NO2. The number of methoxy groups -OCH3 is 1. The highest BCUT2D eigenvalue weighted by Crippen LogP contribution is 2.34. The molecule has 0 aromatic heterocycles. The van der Waals surface area contributed by atoms with Crippen LogP contribution in [0.4, 0.5) is 0 Å². The van der Waals surface area contributed by atoms with E-state index in [-0.39, 0.29) is 12.0 Å². The van der Waals surface area contributed by atoms with E-state index in [0.717, 1.165) is 13.1 Å². The summed E-state index contributed by atoms with van der Waals surface area (Å²) in [5.41, 5.74) is 0.479. The molecule has 0 spiro atoms.